The van der Waals surface area contributed by atoms with Crippen LogP contribution < -0.4 is 14.9 Å². The molecule has 0 aliphatic heterocycles. The predicted molar refractivity (Wildman–Crippen MR) is 99.8 cm³/mol. The molecule has 120 valence electrons. The standard InChI is InChI=1S/C20H21N4/c1-23-14-12-17(13-15-23)16-21-24(2)20-10-8-19(9-11-20)22-18-6-4-3-5-7-18/h3-16,22H,1-2H3/q+1. The van der Waals surface area contributed by atoms with Crippen LogP contribution in [0.1, 0.15) is 5.56 Å². The van der Waals surface area contributed by atoms with Crippen LogP contribution in [0, 0.1) is 0 Å². The molecule has 0 bridgehead atoms. The number of anilines is 3. The minimum Gasteiger partial charge on any atom is -0.356 e. The van der Waals surface area contributed by atoms with Crippen molar-refractivity contribution in [3.05, 3.63) is 84.7 Å². The zero-order chi connectivity index (χ0) is 16.8. The first-order chi connectivity index (χ1) is 11.7. The van der Waals surface area contributed by atoms with E-state index in [9.17, 15) is 0 Å². The molecule has 3 aromatic rings. The van der Waals surface area contributed by atoms with E-state index in [0.717, 1.165) is 22.6 Å². The summed E-state index contributed by atoms with van der Waals surface area (Å²) in [6, 6.07) is 22.4. The number of nitrogens with zero attached hydrogens (tertiary/aromatic N) is 3. The molecule has 0 spiro atoms. The second kappa shape index (κ2) is 7.42. The van der Waals surface area contributed by atoms with Gasteiger partial charge in [-0.15, -0.1) is 0 Å². The molecule has 4 heteroatoms. The minimum absolute atomic E-state index is 1.03. The van der Waals surface area contributed by atoms with Gasteiger partial charge >= 0.3 is 0 Å². The summed E-state index contributed by atoms with van der Waals surface area (Å²) < 4.78 is 2.00. The van der Waals surface area contributed by atoms with Crippen molar-refractivity contribution in [2.45, 2.75) is 0 Å². The van der Waals surface area contributed by atoms with Crippen molar-refractivity contribution < 1.29 is 4.57 Å². The molecule has 24 heavy (non-hydrogen) atoms. The Bertz CT molecular complexity index is 793. The topological polar surface area (TPSA) is 31.5 Å². The van der Waals surface area contributed by atoms with Gasteiger partial charge in [0.15, 0.2) is 12.4 Å². The van der Waals surface area contributed by atoms with E-state index in [-0.39, 0.29) is 0 Å². The molecule has 0 saturated heterocycles. The summed E-state index contributed by atoms with van der Waals surface area (Å²) in [7, 11) is 3.94. The largest absolute Gasteiger partial charge is 0.356 e. The number of aryl methyl sites for hydroxylation is 1. The molecule has 0 aliphatic carbocycles. The van der Waals surface area contributed by atoms with Crippen molar-refractivity contribution in [3.63, 3.8) is 0 Å². The predicted octanol–water partition coefficient (Wildman–Crippen LogP) is 3.73. The lowest BCUT2D eigenvalue weighted by Crippen LogP contribution is -2.25. The molecule has 1 heterocycles. The summed E-state index contributed by atoms with van der Waals surface area (Å²) in [4.78, 5) is 0. The van der Waals surface area contributed by atoms with E-state index in [0.29, 0.717) is 0 Å². The lowest BCUT2D eigenvalue weighted by Gasteiger charge is -2.14. The van der Waals surface area contributed by atoms with Gasteiger partial charge < -0.3 is 5.32 Å². The molecule has 0 fully saturated rings. The van der Waals surface area contributed by atoms with Gasteiger partial charge in [0.05, 0.1) is 11.9 Å². The monoisotopic (exact) mass is 317 g/mol. The van der Waals surface area contributed by atoms with Gasteiger partial charge in [0, 0.05) is 36.1 Å². The third-order valence-electron chi connectivity index (χ3n) is 3.69. The summed E-state index contributed by atoms with van der Waals surface area (Å²) in [5.74, 6) is 0. The van der Waals surface area contributed by atoms with Crippen molar-refractivity contribution in [1.29, 1.82) is 0 Å². The van der Waals surface area contributed by atoms with Crippen molar-refractivity contribution >= 4 is 23.3 Å². The fourth-order valence-electron chi connectivity index (χ4n) is 2.27. The van der Waals surface area contributed by atoms with Crippen molar-refractivity contribution in [2.24, 2.45) is 12.1 Å². The van der Waals surface area contributed by atoms with Gasteiger partial charge in [0.25, 0.3) is 0 Å². The fourth-order valence-corrected chi connectivity index (χ4v) is 2.27. The maximum Gasteiger partial charge on any atom is 0.169 e. The van der Waals surface area contributed by atoms with E-state index in [1.807, 2.05) is 96.9 Å². The molecule has 0 amide bonds. The van der Waals surface area contributed by atoms with Crippen LogP contribution in [-0.2, 0) is 7.05 Å². The third kappa shape index (κ3) is 4.20. The molecular weight excluding hydrogens is 296 g/mol. The van der Waals surface area contributed by atoms with Gasteiger partial charge in [-0.05, 0) is 36.4 Å². The number of hydrazone groups is 1. The Balaban J connectivity index is 1.65. The Hall–Kier alpha value is -3.14. The van der Waals surface area contributed by atoms with E-state index in [1.165, 1.54) is 0 Å². The van der Waals surface area contributed by atoms with Crippen molar-refractivity contribution in [2.75, 3.05) is 17.4 Å². The quantitative estimate of drug-likeness (QED) is 0.442. The number of benzene rings is 2. The van der Waals surface area contributed by atoms with E-state index in [4.69, 9.17) is 0 Å². The first-order valence-electron chi connectivity index (χ1n) is 7.86. The number of nitrogens with one attached hydrogen (secondary N) is 1. The number of hydrogen-bond acceptors (Lipinski definition) is 3. The Morgan fingerprint density at radius 2 is 1.50 bits per heavy atom. The number of aromatic nitrogens is 1. The molecular formula is C20H21N4+. The van der Waals surface area contributed by atoms with Gasteiger partial charge in [-0.25, -0.2) is 4.57 Å². The van der Waals surface area contributed by atoms with Crippen LogP contribution in [0.4, 0.5) is 17.1 Å². The van der Waals surface area contributed by atoms with Crippen molar-refractivity contribution in [3.8, 4) is 0 Å². The van der Waals surface area contributed by atoms with Crippen LogP contribution in [0.2, 0.25) is 0 Å². The van der Waals surface area contributed by atoms with Gasteiger partial charge in [-0.2, -0.15) is 5.10 Å². The maximum atomic E-state index is 4.49. The second-order valence-electron chi connectivity index (χ2n) is 5.60. The third-order valence-corrected chi connectivity index (χ3v) is 3.69. The highest BCUT2D eigenvalue weighted by molar-refractivity contribution is 5.80. The normalized spacial score (nSPS) is 10.8. The van der Waals surface area contributed by atoms with Crippen LogP contribution in [-0.4, -0.2) is 13.3 Å². The smallest absolute Gasteiger partial charge is 0.169 e. The highest BCUT2D eigenvalue weighted by atomic mass is 15.4. The van der Waals surface area contributed by atoms with E-state index >= 15 is 0 Å². The zero-order valence-corrected chi connectivity index (χ0v) is 13.9. The highest BCUT2D eigenvalue weighted by Crippen LogP contribution is 2.20. The summed E-state index contributed by atoms with van der Waals surface area (Å²) >= 11 is 0. The average Bonchev–Trinajstić information content (AvgIpc) is 2.62. The molecule has 0 atom stereocenters. The summed E-state index contributed by atoms with van der Waals surface area (Å²) in [6.45, 7) is 0. The van der Waals surface area contributed by atoms with Crippen LogP contribution in [0.25, 0.3) is 0 Å². The summed E-state index contributed by atoms with van der Waals surface area (Å²) in [5.41, 5.74) is 4.24. The number of hydrogen-bond donors (Lipinski definition) is 1. The van der Waals surface area contributed by atoms with Crippen LogP contribution >= 0.6 is 0 Å². The van der Waals surface area contributed by atoms with Crippen LogP contribution in [0.15, 0.2) is 84.2 Å². The van der Waals surface area contributed by atoms with Crippen molar-refractivity contribution in [1.82, 2.24) is 0 Å². The molecule has 0 aliphatic rings. The van der Waals surface area contributed by atoms with Crippen LogP contribution in [0.3, 0.4) is 0 Å². The first kappa shape index (κ1) is 15.7. The SMILES string of the molecule is CN(/N=C/c1cc[n+](C)cc1)c1ccc(Nc2ccccc2)cc1. The lowest BCUT2D eigenvalue weighted by atomic mass is 10.2. The van der Waals surface area contributed by atoms with Gasteiger partial charge in [-0.3, -0.25) is 5.01 Å². The maximum absolute atomic E-state index is 4.49. The van der Waals surface area contributed by atoms with E-state index in [2.05, 4.69) is 22.6 Å². The molecule has 4 nitrogen and oxygen atoms in total. The average molecular weight is 317 g/mol. The van der Waals surface area contributed by atoms with Gasteiger partial charge in [-0.1, -0.05) is 18.2 Å². The Morgan fingerprint density at radius 3 is 2.17 bits per heavy atom. The number of rotatable bonds is 5. The molecule has 0 saturated carbocycles. The second-order valence-corrected chi connectivity index (χ2v) is 5.60. The highest BCUT2D eigenvalue weighted by Gasteiger charge is 2.00. The molecule has 1 aromatic heterocycles. The van der Waals surface area contributed by atoms with Gasteiger partial charge in [0.1, 0.15) is 7.05 Å². The molecule has 3 rings (SSSR count). The zero-order valence-electron chi connectivity index (χ0n) is 13.9. The molecule has 2 aromatic carbocycles. The molecule has 0 unspecified atom stereocenters. The first-order valence-corrected chi connectivity index (χ1v) is 7.86. The lowest BCUT2D eigenvalue weighted by molar-refractivity contribution is -0.671. The Kier molecular flexibility index (Phi) is 4.87. The summed E-state index contributed by atoms with van der Waals surface area (Å²) in [5, 5.41) is 9.72. The Morgan fingerprint density at radius 1 is 0.875 bits per heavy atom. The van der Waals surface area contributed by atoms with E-state index < -0.39 is 0 Å². The van der Waals surface area contributed by atoms with E-state index in [1.54, 1.807) is 0 Å². The van der Waals surface area contributed by atoms with Gasteiger partial charge in [0.2, 0.25) is 0 Å². The number of pyridine rings is 1. The Labute approximate surface area is 142 Å². The molecule has 1 N–H and O–H groups in total. The minimum atomic E-state index is 1.03. The summed E-state index contributed by atoms with van der Waals surface area (Å²) in [6.07, 6.45) is 5.87. The number of para-hydroxylation sites is 1. The fraction of sp³-hybridized carbons (Fsp3) is 0.100. The molecule has 0 radical (unpaired) electrons. The van der Waals surface area contributed by atoms with Crippen LogP contribution in [0.5, 0.6) is 0 Å².